The number of anilines is 1. The van der Waals surface area contributed by atoms with Gasteiger partial charge >= 0.3 is 0 Å². The van der Waals surface area contributed by atoms with Gasteiger partial charge in [-0.3, -0.25) is 5.43 Å². The van der Waals surface area contributed by atoms with Crippen LogP contribution in [0.15, 0.2) is 46.9 Å². The van der Waals surface area contributed by atoms with E-state index in [9.17, 15) is 13.2 Å². The highest BCUT2D eigenvalue weighted by Crippen LogP contribution is 2.18. The molecule has 1 aliphatic rings. The van der Waals surface area contributed by atoms with Crippen molar-refractivity contribution in [2.75, 3.05) is 5.43 Å². The number of rotatable bonds is 3. The summed E-state index contributed by atoms with van der Waals surface area (Å²) in [7, 11) is 0. The van der Waals surface area contributed by atoms with Crippen LogP contribution >= 0.6 is 0 Å². The molecule has 0 atom stereocenters. The van der Waals surface area contributed by atoms with Crippen LogP contribution in [0.1, 0.15) is 12.8 Å². The molecule has 94 valence electrons. The molecule has 0 unspecified atom stereocenters. The van der Waals surface area contributed by atoms with E-state index in [1.807, 2.05) is 0 Å². The molecule has 0 spiro atoms. The lowest BCUT2D eigenvalue weighted by atomic mass is 10.1. The minimum Gasteiger partial charge on any atom is -0.276 e. The molecule has 0 heterocycles. The van der Waals surface area contributed by atoms with Gasteiger partial charge in [0.25, 0.3) is 0 Å². The van der Waals surface area contributed by atoms with Gasteiger partial charge in [-0.25, -0.2) is 13.2 Å². The van der Waals surface area contributed by atoms with Gasteiger partial charge in [-0.2, -0.15) is 5.10 Å². The van der Waals surface area contributed by atoms with E-state index in [0.29, 0.717) is 12.8 Å². The summed E-state index contributed by atoms with van der Waals surface area (Å²) in [4.78, 5) is 0. The first kappa shape index (κ1) is 12.4. The van der Waals surface area contributed by atoms with Crippen molar-refractivity contribution in [3.63, 3.8) is 0 Å². The van der Waals surface area contributed by atoms with Crippen LogP contribution < -0.4 is 5.43 Å². The maximum Gasteiger partial charge on any atom is 0.151 e. The van der Waals surface area contributed by atoms with E-state index in [0.717, 1.165) is 17.7 Å². The first-order valence-corrected chi connectivity index (χ1v) is 5.44. The summed E-state index contributed by atoms with van der Waals surface area (Å²) in [5, 5.41) is 3.82. The van der Waals surface area contributed by atoms with Gasteiger partial charge in [0.1, 0.15) is 11.6 Å². The molecular weight excluding hydrogens is 241 g/mol. The second-order valence-electron chi connectivity index (χ2n) is 3.85. The number of nitrogens with zero attached hydrogens (tertiary/aromatic N) is 1. The Balaban J connectivity index is 1.99. The Morgan fingerprint density at radius 3 is 2.61 bits per heavy atom. The number of benzene rings is 1. The summed E-state index contributed by atoms with van der Waals surface area (Å²) >= 11 is 0. The summed E-state index contributed by atoms with van der Waals surface area (Å²) in [6.45, 7) is 0. The Hall–Kier alpha value is -2.04. The summed E-state index contributed by atoms with van der Waals surface area (Å²) in [5.74, 6) is -1.52. The molecule has 2 nitrogen and oxygen atoms in total. The first-order chi connectivity index (χ1) is 8.65. The number of hydrogen-bond acceptors (Lipinski definition) is 2. The quantitative estimate of drug-likeness (QED) is 0.639. The Labute approximate surface area is 103 Å². The van der Waals surface area contributed by atoms with E-state index in [-0.39, 0.29) is 11.5 Å². The number of allylic oxidation sites excluding steroid dienone is 4. The summed E-state index contributed by atoms with van der Waals surface area (Å²) < 4.78 is 38.6. The zero-order chi connectivity index (χ0) is 13.0. The highest BCUT2D eigenvalue weighted by molar-refractivity contribution is 5.80. The van der Waals surface area contributed by atoms with Gasteiger partial charge in [-0.1, -0.05) is 6.08 Å². The second-order valence-corrected chi connectivity index (χ2v) is 3.85. The van der Waals surface area contributed by atoms with Crippen molar-refractivity contribution in [1.29, 1.82) is 0 Å². The van der Waals surface area contributed by atoms with Crippen molar-refractivity contribution in [3.8, 4) is 0 Å². The van der Waals surface area contributed by atoms with E-state index in [2.05, 4.69) is 10.5 Å². The van der Waals surface area contributed by atoms with Crippen LogP contribution in [-0.4, -0.2) is 6.21 Å². The van der Waals surface area contributed by atoms with Crippen LogP contribution in [0, 0.1) is 11.6 Å². The van der Waals surface area contributed by atoms with Gasteiger partial charge in [0, 0.05) is 12.5 Å². The first-order valence-electron chi connectivity index (χ1n) is 5.44. The molecule has 0 aromatic heterocycles. The molecule has 1 aliphatic carbocycles. The molecular formula is C13H11F3N2. The molecule has 0 bridgehead atoms. The largest absolute Gasteiger partial charge is 0.276 e. The topological polar surface area (TPSA) is 24.4 Å². The zero-order valence-electron chi connectivity index (χ0n) is 9.46. The molecule has 0 fully saturated rings. The fourth-order valence-corrected chi connectivity index (χ4v) is 1.50. The lowest BCUT2D eigenvalue weighted by Crippen LogP contribution is -1.97. The van der Waals surface area contributed by atoms with E-state index >= 15 is 0 Å². The van der Waals surface area contributed by atoms with Crippen molar-refractivity contribution in [2.24, 2.45) is 5.10 Å². The number of hydrazone groups is 1. The smallest absolute Gasteiger partial charge is 0.151 e. The Morgan fingerprint density at radius 2 is 1.94 bits per heavy atom. The Kier molecular flexibility index (Phi) is 3.82. The van der Waals surface area contributed by atoms with Crippen molar-refractivity contribution >= 4 is 11.9 Å². The zero-order valence-corrected chi connectivity index (χ0v) is 9.46. The van der Waals surface area contributed by atoms with Gasteiger partial charge in [-0.15, -0.1) is 0 Å². The van der Waals surface area contributed by atoms with Gasteiger partial charge in [0.05, 0.1) is 11.9 Å². The fraction of sp³-hybridized carbons (Fsp3) is 0.154. The average molecular weight is 252 g/mol. The van der Waals surface area contributed by atoms with Crippen molar-refractivity contribution in [2.45, 2.75) is 12.8 Å². The standard InChI is InChI=1S/C13H11F3N2/c14-10-3-1-9(2-4-10)8-17-18-13-6-5-11(15)7-12(13)16/h1,3,5-8,18H,2,4H2/b17-8+. The van der Waals surface area contributed by atoms with E-state index < -0.39 is 11.6 Å². The monoisotopic (exact) mass is 252 g/mol. The summed E-state index contributed by atoms with van der Waals surface area (Å²) in [6, 6.07) is 3.17. The van der Waals surface area contributed by atoms with Crippen LogP contribution in [0.3, 0.4) is 0 Å². The molecule has 1 aromatic rings. The molecule has 2 rings (SSSR count). The van der Waals surface area contributed by atoms with Crippen LogP contribution in [0.5, 0.6) is 0 Å². The van der Waals surface area contributed by atoms with Gasteiger partial charge < -0.3 is 0 Å². The van der Waals surface area contributed by atoms with Crippen LogP contribution in [-0.2, 0) is 0 Å². The lowest BCUT2D eigenvalue weighted by molar-refractivity contribution is 0.585. The SMILES string of the molecule is FC1=CC=C(/C=N/Nc2ccc(F)cc2F)CC1. The summed E-state index contributed by atoms with van der Waals surface area (Å²) in [5.41, 5.74) is 3.40. The van der Waals surface area contributed by atoms with Crippen LogP contribution in [0.4, 0.5) is 18.9 Å². The molecule has 5 heteroatoms. The van der Waals surface area contributed by atoms with E-state index in [1.54, 1.807) is 6.08 Å². The van der Waals surface area contributed by atoms with Gasteiger partial charge in [-0.05, 0) is 30.2 Å². The molecule has 0 amide bonds. The predicted molar refractivity (Wildman–Crippen MR) is 65.0 cm³/mol. The lowest BCUT2D eigenvalue weighted by Gasteiger charge is -2.05. The minimum atomic E-state index is -0.712. The highest BCUT2D eigenvalue weighted by atomic mass is 19.1. The van der Waals surface area contributed by atoms with Crippen LogP contribution in [0.2, 0.25) is 0 Å². The minimum absolute atomic E-state index is 0.0887. The molecule has 0 radical (unpaired) electrons. The normalized spacial score (nSPS) is 15.5. The number of hydrogen-bond donors (Lipinski definition) is 1. The van der Waals surface area contributed by atoms with Crippen LogP contribution in [0.25, 0.3) is 0 Å². The second kappa shape index (κ2) is 5.53. The van der Waals surface area contributed by atoms with Gasteiger partial charge in [0.15, 0.2) is 5.82 Å². The third-order valence-corrected chi connectivity index (χ3v) is 2.48. The third-order valence-electron chi connectivity index (χ3n) is 2.48. The maximum absolute atomic E-state index is 13.2. The third kappa shape index (κ3) is 3.23. The van der Waals surface area contributed by atoms with E-state index in [1.165, 1.54) is 18.4 Å². The van der Waals surface area contributed by atoms with Crippen molar-refractivity contribution in [3.05, 3.63) is 53.4 Å². The Bertz CT molecular complexity index is 533. The number of halogens is 3. The van der Waals surface area contributed by atoms with Crippen molar-refractivity contribution < 1.29 is 13.2 Å². The molecule has 0 aliphatic heterocycles. The van der Waals surface area contributed by atoms with E-state index in [4.69, 9.17) is 0 Å². The summed E-state index contributed by atoms with van der Waals surface area (Å²) in [6.07, 6.45) is 5.39. The van der Waals surface area contributed by atoms with Gasteiger partial charge in [0.2, 0.25) is 0 Å². The molecule has 0 saturated carbocycles. The predicted octanol–water partition coefficient (Wildman–Crippen LogP) is 3.94. The molecule has 1 N–H and O–H groups in total. The molecule has 1 aromatic carbocycles. The fourth-order valence-electron chi connectivity index (χ4n) is 1.50. The van der Waals surface area contributed by atoms with Crippen molar-refractivity contribution in [1.82, 2.24) is 0 Å². The maximum atomic E-state index is 13.2. The Morgan fingerprint density at radius 1 is 1.11 bits per heavy atom. The highest BCUT2D eigenvalue weighted by Gasteiger charge is 2.04. The molecule has 0 saturated heterocycles. The average Bonchev–Trinajstić information content (AvgIpc) is 2.34. The number of nitrogens with one attached hydrogen (secondary N) is 1. The molecule has 18 heavy (non-hydrogen) atoms.